The van der Waals surface area contributed by atoms with Gasteiger partial charge in [-0.25, -0.2) is 0 Å². The van der Waals surface area contributed by atoms with Crippen LogP contribution in [0.15, 0.2) is 0 Å². The first-order chi connectivity index (χ1) is 8.27. The summed E-state index contributed by atoms with van der Waals surface area (Å²) >= 11 is 0. The maximum atomic E-state index is 12.3. The van der Waals surface area contributed by atoms with Gasteiger partial charge in [0.25, 0.3) is 0 Å². The smallest absolute Gasteiger partial charge is 0.225 e. The number of hydrogen-bond donors (Lipinski definition) is 1. The van der Waals surface area contributed by atoms with Crippen LogP contribution in [-0.4, -0.2) is 35.6 Å². The van der Waals surface area contributed by atoms with Gasteiger partial charge < -0.3 is 10.0 Å². The molecule has 1 aliphatic rings. The molecule has 18 heavy (non-hydrogen) atoms. The fourth-order valence-electron chi connectivity index (χ4n) is 2.83. The van der Waals surface area contributed by atoms with Crippen LogP contribution in [0.25, 0.3) is 0 Å². The molecule has 1 saturated carbocycles. The first kappa shape index (κ1) is 15.5. The van der Waals surface area contributed by atoms with Crippen LogP contribution in [0.5, 0.6) is 0 Å². The van der Waals surface area contributed by atoms with E-state index in [0.717, 1.165) is 31.6 Å². The predicted octanol–water partition coefficient (Wildman–Crippen LogP) is 2.68. The molecule has 1 atom stereocenters. The van der Waals surface area contributed by atoms with E-state index in [2.05, 4.69) is 20.8 Å². The van der Waals surface area contributed by atoms with Gasteiger partial charge in [-0.2, -0.15) is 0 Å². The van der Waals surface area contributed by atoms with Gasteiger partial charge in [0.1, 0.15) is 0 Å². The first-order valence-electron chi connectivity index (χ1n) is 7.15. The lowest BCUT2D eigenvalue weighted by Crippen LogP contribution is -2.42. The van der Waals surface area contributed by atoms with Crippen LogP contribution >= 0.6 is 0 Å². The molecule has 106 valence electrons. The number of aliphatic hydroxyl groups is 1. The lowest BCUT2D eigenvalue weighted by Gasteiger charge is -2.38. The average molecular weight is 255 g/mol. The van der Waals surface area contributed by atoms with E-state index in [9.17, 15) is 4.79 Å². The summed E-state index contributed by atoms with van der Waals surface area (Å²) in [6.45, 7) is 8.80. The minimum Gasteiger partial charge on any atom is -0.394 e. The van der Waals surface area contributed by atoms with Crippen LogP contribution in [-0.2, 0) is 4.79 Å². The second-order valence-electron chi connectivity index (χ2n) is 6.90. The van der Waals surface area contributed by atoms with Gasteiger partial charge >= 0.3 is 0 Å². The van der Waals surface area contributed by atoms with E-state index in [1.165, 1.54) is 0 Å². The molecule has 0 saturated heterocycles. The van der Waals surface area contributed by atoms with Crippen molar-refractivity contribution in [3.05, 3.63) is 0 Å². The fourth-order valence-corrected chi connectivity index (χ4v) is 2.83. The zero-order valence-electron chi connectivity index (χ0n) is 12.6. The number of carbonyl (C=O) groups is 1. The number of likely N-dealkylation sites (N-methyl/N-ethyl adjacent to an activating group) is 1. The van der Waals surface area contributed by atoms with Crippen molar-refractivity contribution < 1.29 is 9.90 Å². The fraction of sp³-hybridized carbons (Fsp3) is 0.933. The summed E-state index contributed by atoms with van der Waals surface area (Å²) < 4.78 is 0. The molecule has 0 aromatic carbocycles. The summed E-state index contributed by atoms with van der Waals surface area (Å²) in [7, 11) is 1.80. The van der Waals surface area contributed by atoms with Crippen molar-refractivity contribution in [1.82, 2.24) is 4.90 Å². The Balaban J connectivity index is 2.50. The van der Waals surface area contributed by atoms with E-state index in [4.69, 9.17) is 5.11 Å². The quantitative estimate of drug-likeness (QED) is 0.842. The van der Waals surface area contributed by atoms with Crippen LogP contribution in [0, 0.1) is 17.3 Å². The van der Waals surface area contributed by atoms with E-state index in [1.54, 1.807) is 11.9 Å². The van der Waals surface area contributed by atoms with Crippen LogP contribution < -0.4 is 0 Å². The number of aliphatic hydroxyl groups excluding tert-OH is 1. The topological polar surface area (TPSA) is 40.5 Å². The molecular formula is C15H29NO2. The summed E-state index contributed by atoms with van der Waals surface area (Å²) in [6, 6.07) is -0.0714. The highest BCUT2D eigenvalue weighted by molar-refractivity contribution is 5.78. The highest BCUT2D eigenvalue weighted by Crippen LogP contribution is 2.40. The summed E-state index contributed by atoms with van der Waals surface area (Å²) in [4.78, 5) is 14.0. The number of nitrogens with zero attached hydrogens (tertiary/aromatic N) is 1. The van der Waals surface area contributed by atoms with Crippen molar-refractivity contribution in [3.8, 4) is 0 Å². The third-order valence-electron chi connectivity index (χ3n) is 4.57. The molecule has 1 aliphatic carbocycles. The lowest BCUT2D eigenvalue weighted by molar-refractivity contribution is -0.138. The Hall–Kier alpha value is -0.570. The average Bonchev–Trinajstić information content (AvgIpc) is 2.35. The molecule has 1 rings (SSSR count). The molecule has 0 aromatic rings. The Labute approximate surface area is 112 Å². The van der Waals surface area contributed by atoms with Crippen LogP contribution in [0.2, 0.25) is 0 Å². The molecule has 0 spiro atoms. The van der Waals surface area contributed by atoms with Crippen molar-refractivity contribution in [2.24, 2.45) is 17.3 Å². The Morgan fingerprint density at radius 2 is 1.78 bits per heavy atom. The van der Waals surface area contributed by atoms with Gasteiger partial charge in [-0.1, -0.05) is 20.8 Å². The molecule has 1 fully saturated rings. The van der Waals surface area contributed by atoms with E-state index >= 15 is 0 Å². The van der Waals surface area contributed by atoms with E-state index in [-0.39, 0.29) is 24.5 Å². The monoisotopic (exact) mass is 255 g/mol. The Morgan fingerprint density at radius 1 is 1.28 bits per heavy atom. The summed E-state index contributed by atoms with van der Waals surface area (Å²) in [5.41, 5.74) is 0.359. The second-order valence-corrected chi connectivity index (χ2v) is 6.90. The molecule has 0 bridgehead atoms. The van der Waals surface area contributed by atoms with Gasteiger partial charge in [0.15, 0.2) is 0 Å². The molecule has 1 amide bonds. The summed E-state index contributed by atoms with van der Waals surface area (Å²) in [5.74, 6) is 1.12. The van der Waals surface area contributed by atoms with Crippen LogP contribution in [0.3, 0.4) is 0 Å². The Bertz CT molecular complexity index is 275. The standard InChI is InChI=1S/C15H29NO2/c1-11(10-17)16(5)14(18)12-6-8-13(9-7-12)15(2,3)4/h11-13,17H,6-10H2,1-5H3. The zero-order chi connectivity index (χ0) is 13.9. The number of rotatable bonds is 3. The zero-order valence-corrected chi connectivity index (χ0v) is 12.6. The minimum absolute atomic E-state index is 0.0412. The first-order valence-corrected chi connectivity index (χ1v) is 7.15. The minimum atomic E-state index is -0.0714. The highest BCUT2D eigenvalue weighted by Gasteiger charge is 2.33. The molecule has 0 heterocycles. The molecule has 0 aromatic heterocycles. The maximum absolute atomic E-state index is 12.3. The van der Waals surface area contributed by atoms with Gasteiger partial charge in [-0.05, 0) is 43.9 Å². The molecule has 0 aliphatic heterocycles. The molecule has 1 unspecified atom stereocenters. The Morgan fingerprint density at radius 3 is 2.17 bits per heavy atom. The van der Waals surface area contributed by atoms with Crippen molar-refractivity contribution in [3.63, 3.8) is 0 Å². The van der Waals surface area contributed by atoms with Gasteiger partial charge in [-0.15, -0.1) is 0 Å². The van der Waals surface area contributed by atoms with E-state index < -0.39 is 0 Å². The van der Waals surface area contributed by atoms with Crippen molar-refractivity contribution in [1.29, 1.82) is 0 Å². The van der Waals surface area contributed by atoms with Crippen molar-refractivity contribution >= 4 is 5.91 Å². The number of amides is 1. The van der Waals surface area contributed by atoms with Crippen LogP contribution in [0.4, 0.5) is 0 Å². The van der Waals surface area contributed by atoms with Gasteiger partial charge in [-0.3, -0.25) is 4.79 Å². The van der Waals surface area contributed by atoms with E-state index in [0.29, 0.717) is 5.41 Å². The SMILES string of the molecule is CC(CO)N(C)C(=O)C1CCC(C(C)(C)C)CC1. The Kier molecular flexibility index (Phi) is 5.20. The molecular weight excluding hydrogens is 226 g/mol. The van der Waals surface area contributed by atoms with Gasteiger partial charge in [0.2, 0.25) is 5.91 Å². The molecule has 3 heteroatoms. The van der Waals surface area contributed by atoms with Crippen molar-refractivity contribution in [2.45, 2.75) is 59.4 Å². The maximum Gasteiger partial charge on any atom is 0.225 e. The highest BCUT2D eigenvalue weighted by atomic mass is 16.3. The third kappa shape index (κ3) is 3.71. The number of hydrogen-bond acceptors (Lipinski definition) is 2. The second kappa shape index (κ2) is 6.05. The third-order valence-corrected chi connectivity index (χ3v) is 4.57. The molecule has 3 nitrogen and oxygen atoms in total. The lowest BCUT2D eigenvalue weighted by atomic mass is 9.69. The van der Waals surface area contributed by atoms with E-state index in [1.807, 2.05) is 6.92 Å². The predicted molar refractivity (Wildman–Crippen MR) is 74.2 cm³/mol. The van der Waals surface area contributed by atoms with Crippen LogP contribution in [0.1, 0.15) is 53.4 Å². The summed E-state index contributed by atoms with van der Waals surface area (Å²) in [5, 5.41) is 9.11. The normalized spacial score (nSPS) is 26.8. The van der Waals surface area contributed by atoms with Gasteiger partial charge in [0, 0.05) is 13.0 Å². The number of carbonyl (C=O) groups excluding carboxylic acids is 1. The molecule has 0 radical (unpaired) electrons. The summed E-state index contributed by atoms with van der Waals surface area (Å²) in [6.07, 6.45) is 4.31. The van der Waals surface area contributed by atoms with Gasteiger partial charge in [0.05, 0.1) is 12.6 Å². The van der Waals surface area contributed by atoms with Crippen molar-refractivity contribution in [2.75, 3.05) is 13.7 Å². The largest absolute Gasteiger partial charge is 0.394 e. The molecule has 1 N–H and O–H groups in total.